The molecule has 4 aromatic heterocycles. The number of benzene rings is 2. The van der Waals surface area contributed by atoms with E-state index in [0.717, 1.165) is 83.6 Å². The quantitative estimate of drug-likeness (QED) is 0.0951. The van der Waals surface area contributed by atoms with Crippen LogP contribution in [-0.4, -0.2) is 95.1 Å². The summed E-state index contributed by atoms with van der Waals surface area (Å²) >= 11 is 1.60. The van der Waals surface area contributed by atoms with E-state index < -0.39 is 18.1 Å². The second kappa shape index (κ2) is 17.1. The van der Waals surface area contributed by atoms with E-state index in [-0.39, 0.29) is 54.4 Å². The van der Waals surface area contributed by atoms with Crippen LogP contribution < -0.4 is 10.7 Å². The average molecular weight is 844 g/mol. The van der Waals surface area contributed by atoms with Gasteiger partial charge in [0.15, 0.2) is 5.65 Å². The van der Waals surface area contributed by atoms with Crippen LogP contribution in [0.5, 0.6) is 5.75 Å². The maximum absolute atomic E-state index is 14.3. The first-order valence-electron chi connectivity index (χ1n) is 21.4. The van der Waals surface area contributed by atoms with E-state index in [0.29, 0.717) is 17.0 Å². The number of H-pyrrole nitrogens is 1. The molecular formula is C46H53N9O5S. The first-order valence-corrected chi connectivity index (χ1v) is 22.3. The molecule has 6 aromatic rings. The van der Waals surface area contributed by atoms with Crippen molar-refractivity contribution in [1.29, 1.82) is 0 Å². The molecule has 6 heterocycles. The highest BCUT2D eigenvalue weighted by Crippen LogP contribution is 2.37. The van der Waals surface area contributed by atoms with Gasteiger partial charge in [0.1, 0.15) is 23.5 Å². The lowest BCUT2D eigenvalue weighted by atomic mass is 9.89. The van der Waals surface area contributed by atoms with E-state index in [1.807, 2.05) is 81.7 Å². The van der Waals surface area contributed by atoms with Gasteiger partial charge in [0.2, 0.25) is 11.8 Å². The number of phenols is 1. The highest BCUT2D eigenvalue weighted by atomic mass is 32.1. The van der Waals surface area contributed by atoms with Crippen molar-refractivity contribution < 1.29 is 24.3 Å². The number of aryl methyl sites for hydroxylation is 2. The summed E-state index contributed by atoms with van der Waals surface area (Å²) in [6.45, 7) is 9.64. The Morgan fingerprint density at radius 1 is 1.02 bits per heavy atom. The summed E-state index contributed by atoms with van der Waals surface area (Å²) in [4.78, 5) is 38.6. The number of likely N-dealkylation sites (tertiary alicyclic amines) is 1. The molecule has 0 radical (unpaired) electrons. The lowest BCUT2D eigenvalue weighted by Crippen LogP contribution is -2.50. The number of aromatic hydroxyl groups is 1. The second-order valence-corrected chi connectivity index (χ2v) is 18.2. The molecule has 61 heavy (non-hydrogen) atoms. The molecule has 2 amide bonds. The smallest absolute Gasteiger partial charge is 0.243 e. The predicted octanol–water partition coefficient (Wildman–Crippen LogP) is 6.57. The Morgan fingerprint density at radius 2 is 1.80 bits per heavy atom. The number of para-hydroxylation sites is 1. The van der Waals surface area contributed by atoms with Crippen molar-refractivity contribution in [3.8, 4) is 27.4 Å². The number of aliphatic hydroxyl groups is 1. The maximum Gasteiger partial charge on any atom is 0.243 e. The Hall–Kier alpha value is -5.48. The maximum atomic E-state index is 14.3. The molecule has 9 rings (SSSR count). The molecule has 5 N–H and O–H groups in total. The molecule has 2 aliphatic heterocycles. The number of thiazole rings is 1. The number of fused-ring (bicyclic) bond motifs is 3. The minimum Gasteiger partial charge on any atom is -0.507 e. The molecule has 14 nitrogen and oxygen atoms in total. The van der Waals surface area contributed by atoms with Crippen LogP contribution in [0.4, 0.5) is 0 Å². The van der Waals surface area contributed by atoms with Crippen molar-refractivity contribution in [2.45, 2.75) is 102 Å². The number of carbonyl (C=O) groups excluding carboxylic acids is 2. The van der Waals surface area contributed by atoms with Crippen LogP contribution in [0.2, 0.25) is 0 Å². The van der Waals surface area contributed by atoms with E-state index >= 15 is 0 Å². The Balaban J connectivity index is 0.809. The van der Waals surface area contributed by atoms with Crippen molar-refractivity contribution in [2.24, 2.45) is 5.92 Å². The Labute approximate surface area is 358 Å². The molecule has 2 aromatic carbocycles. The summed E-state index contributed by atoms with van der Waals surface area (Å²) in [6, 6.07) is 18.4. The fraction of sp³-hybridized carbons (Fsp3) is 0.435. The average Bonchev–Trinajstić information content (AvgIpc) is 4.07. The largest absolute Gasteiger partial charge is 0.507 e. The van der Waals surface area contributed by atoms with Gasteiger partial charge in [-0.25, -0.2) is 9.99 Å². The molecule has 5 atom stereocenters. The van der Waals surface area contributed by atoms with Crippen LogP contribution in [-0.2, 0) is 22.4 Å². The Morgan fingerprint density at radius 3 is 2.54 bits per heavy atom. The van der Waals surface area contributed by atoms with Gasteiger partial charge in [-0.3, -0.25) is 15.0 Å². The van der Waals surface area contributed by atoms with E-state index in [9.17, 15) is 19.8 Å². The molecular weight excluding hydrogens is 791 g/mol. The van der Waals surface area contributed by atoms with Crippen molar-refractivity contribution in [2.75, 3.05) is 19.6 Å². The van der Waals surface area contributed by atoms with Gasteiger partial charge in [0, 0.05) is 60.7 Å². The van der Waals surface area contributed by atoms with Gasteiger partial charge in [-0.15, -0.1) is 21.5 Å². The summed E-state index contributed by atoms with van der Waals surface area (Å²) in [5.41, 5.74) is 14.0. The molecule has 3 aliphatic rings. The highest BCUT2D eigenvalue weighted by molar-refractivity contribution is 7.13. The van der Waals surface area contributed by atoms with Crippen molar-refractivity contribution in [3.05, 3.63) is 100 Å². The van der Waals surface area contributed by atoms with Crippen LogP contribution in [0.15, 0.2) is 70.7 Å². The third kappa shape index (κ3) is 8.31. The lowest BCUT2D eigenvalue weighted by Gasteiger charge is -2.35. The fourth-order valence-corrected chi connectivity index (χ4v) is 10.3. The zero-order valence-electron chi connectivity index (χ0n) is 35.0. The minimum atomic E-state index is -0.802. The Kier molecular flexibility index (Phi) is 11.5. The normalized spacial score (nSPS) is 20.9. The summed E-state index contributed by atoms with van der Waals surface area (Å²) < 4.78 is 5.94. The monoisotopic (exact) mass is 843 g/mol. The molecule has 1 aliphatic carbocycles. The number of hydrogen-bond acceptors (Lipinski definition) is 12. The number of piperidine rings is 1. The number of aromatic nitrogens is 5. The van der Waals surface area contributed by atoms with Gasteiger partial charge >= 0.3 is 0 Å². The molecule has 2 saturated heterocycles. The topological polar surface area (TPSA) is 186 Å². The number of aromatic amines is 1. The third-order valence-corrected chi connectivity index (χ3v) is 13.8. The Bertz CT molecular complexity index is 2520. The number of amides is 2. The SMILES string of the molecule is Cc1ncsc1-c1ccc([C@H](C)NC(=O)[C@@H]2C[C@@H](O)CN2C(=O)[C@@H](c2cc(C3CCN(N[C@H]4CCc5[nH]c6nnc(-c7ccccc7O)cc6c5C4)CC3)no2)C(C)C)cc1. The predicted molar refractivity (Wildman–Crippen MR) is 233 cm³/mol. The number of hydrazine groups is 1. The van der Waals surface area contributed by atoms with Gasteiger partial charge < -0.3 is 29.9 Å². The minimum absolute atomic E-state index is 0.0832. The zero-order valence-corrected chi connectivity index (χ0v) is 35.8. The van der Waals surface area contributed by atoms with E-state index in [2.05, 4.69) is 41.1 Å². The number of β-amino-alcohol motifs (C(OH)–C–C–N with tert-alkyl or cyclic N) is 1. The number of phenolic OH excluding ortho intramolecular Hbond substituents is 1. The molecule has 0 unspecified atom stereocenters. The van der Waals surface area contributed by atoms with Gasteiger partial charge in [-0.1, -0.05) is 55.4 Å². The van der Waals surface area contributed by atoms with Crippen molar-refractivity contribution >= 4 is 34.2 Å². The van der Waals surface area contributed by atoms with Gasteiger partial charge in [-0.2, -0.15) is 0 Å². The lowest BCUT2D eigenvalue weighted by molar-refractivity contribution is -0.141. The van der Waals surface area contributed by atoms with Crippen LogP contribution in [0.25, 0.3) is 32.7 Å². The zero-order chi connectivity index (χ0) is 42.4. The molecule has 0 saturated carbocycles. The molecule has 15 heteroatoms. The van der Waals surface area contributed by atoms with Crippen molar-refractivity contribution in [1.82, 2.24) is 46.0 Å². The highest BCUT2D eigenvalue weighted by Gasteiger charge is 2.44. The number of nitrogens with zero attached hydrogens (tertiary/aromatic N) is 6. The van der Waals surface area contributed by atoms with E-state index in [4.69, 9.17) is 4.52 Å². The van der Waals surface area contributed by atoms with Gasteiger partial charge in [-0.05, 0) is 86.8 Å². The van der Waals surface area contributed by atoms with Crippen LogP contribution in [0.3, 0.4) is 0 Å². The number of rotatable bonds is 11. The van der Waals surface area contributed by atoms with Crippen molar-refractivity contribution in [3.63, 3.8) is 0 Å². The number of carbonyl (C=O) groups is 2. The molecule has 318 valence electrons. The summed E-state index contributed by atoms with van der Waals surface area (Å²) in [5, 5.41) is 41.0. The van der Waals surface area contributed by atoms with Crippen LogP contribution >= 0.6 is 11.3 Å². The summed E-state index contributed by atoms with van der Waals surface area (Å²) in [7, 11) is 0. The van der Waals surface area contributed by atoms with E-state index in [1.54, 1.807) is 23.5 Å². The summed E-state index contributed by atoms with van der Waals surface area (Å²) in [5.74, 6) is -0.440. The first-order chi connectivity index (χ1) is 29.5. The van der Waals surface area contributed by atoms with Gasteiger partial charge in [0.05, 0.1) is 39.6 Å². The molecule has 0 bridgehead atoms. The van der Waals surface area contributed by atoms with E-state index in [1.165, 1.54) is 16.2 Å². The fourth-order valence-electron chi connectivity index (χ4n) is 9.46. The second-order valence-electron chi connectivity index (χ2n) is 17.3. The standard InChI is InChI=1S/C46H53N9O5S/c1-25(2)42(46(59)55-23-32(56)20-39(55)45(58)48-26(3)28-9-11-30(12-10-28)43-27(4)47-24-61-43)41-22-37(53-60-41)29-15-17-54(18-16-29)52-31-13-14-36-34(19-31)35-21-38(50-51-44(35)49-36)33-7-5-6-8-40(33)57/h5-12,21-22,24-26,29,31-32,39,42,52,56-57H,13-20,23H2,1-4H3,(H,48,58)(H,49,51)/t26-,31-,32+,39-,42+/m0/s1. The first kappa shape index (κ1) is 40.9. The number of nitrogens with one attached hydrogen (secondary N) is 3. The molecule has 2 fully saturated rings. The summed E-state index contributed by atoms with van der Waals surface area (Å²) in [6.07, 6.45) is 3.90. The number of hydrogen-bond donors (Lipinski definition) is 5. The van der Waals surface area contributed by atoms with Crippen LogP contribution in [0.1, 0.15) is 98.3 Å². The van der Waals surface area contributed by atoms with Crippen LogP contribution in [0, 0.1) is 12.8 Å². The number of aliphatic hydroxyl groups excluding tert-OH is 1. The third-order valence-electron chi connectivity index (χ3n) is 12.8. The van der Waals surface area contributed by atoms with Gasteiger partial charge in [0.25, 0.3) is 0 Å². The molecule has 0 spiro atoms.